The number of likely N-dealkylation sites (tertiary alicyclic amines) is 1. The molecular weight excluding hydrogens is 334 g/mol. The number of ketones is 1. The number of hydrogen-bond acceptors (Lipinski definition) is 4. The topological polar surface area (TPSA) is 95.6 Å². The quantitative estimate of drug-likeness (QED) is 0.341. The normalized spacial score (nSPS) is 23.7. The Morgan fingerprint density at radius 3 is 2.62 bits per heavy atom. The summed E-state index contributed by atoms with van der Waals surface area (Å²) in [6.45, 7) is 6.22. The number of carbonyl (C=O) groups excluding carboxylic acids is 4. The molecule has 0 aromatic rings. The molecule has 0 spiro atoms. The summed E-state index contributed by atoms with van der Waals surface area (Å²) in [4.78, 5) is 49.8. The summed E-state index contributed by atoms with van der Waals surface area (Å²) in [6.07, 6.45) is 7.46. The number of carbonyl (C=O) groups is 4. The monoisotopic (exact) mass is 363 g/mol. The molecule has 26 heavy (non-hydrogen) atoms. The fraction of sp³-hybridized carbons (Fsp3) is 0.684. The minimum atomic E-state index is -0.850. The molecule has 3 atom stereocenters. The molecule has 0 radical (unpaired) electrons. The van der Waals surface area contributed by atoms with Gasteiger partial charge in [-0.15, -0.1) is 6.58 Å². The van der Waals surface area contributed by atoms with Crippen LogP contribution < -0.4 is 10.6 Å². The molecule has 2 N–H and O–H groups in total. The summed E-state index contributed by atoms with van der Waals surface area (Å²) < 4.78 is 0. The van der Waals surface area contributed by atoms with Gasteiger partial charge in [-0.1, -0.05) is 32.3 Å². The maximum absolute atomic E-state index is 12.6. The van der Waals surface area contributed by atoms with Crippen LogP contribution >= 0.6 is 0 Å². The highest BCUT2D eigenvalue weighted by molar-refractivity contribution is 6.38. The number of Topliss-reactive ketones (excluding diaryl/α,β-unsaturated/α-hetero) is 1. The van der Waals surface area contributed by atoms with Crippen molar-refractivity contribution in [3.8, 4) is 0 Å². The highest BCUT2D eigenvalue weighted by atomic mass is 16.2. The van der Waals surface area contributed by atoms with Crippen molar-refractivity contribution in [1.82, 2.24) is 15.5 Å². The maximum atomic E-state index is 12.6. The molecule has 2 aliphatic rings. The highest BCUT2D eigenvalue weighted by Crippen LogP contribution is 2.31. The SMILES string of the molecule is C=CCNC(=O)C(=O)C(CCC1CCC1)NC(=O)C1CC(C)CN1C=O. The van der Waals surface area contributed by atoms with E-state index in [9.17, 15) is 19.2 Å². The minimum Gasteiger partial charge on any atom is -0.346 e. The molecule has 1 saturated carbocycles. The largest absolute Gasteiger partial charge is 0.346 e. The van der Waals surface area contributed by atoms with Crippen LogP contribution in [-0.4, -0.2) is 54.1 Å². The Kier molecular flexibility index (Phi) is 7.36. The number of hydrogen-bond donors (Lipinski definition) is 2. The Morgan fingerprint density at radius 2 is 2.04 bits per heavy atom. The van der Waals surface area contributed by atoms with Crippen LogP contribution in [0.3, 0.4) is 0 Å². The van der Waals surface area contributed by atoms with Crippen LogP contribution in [-0.2, 0) is 19.2 Å². The van der Waals surface area contributed by atoms with Crippen molar-refractivity contribution in [2.75, 3.05) is 13.1 Å². The zero-order valence-electron chi connectivity index (χ0n) is 15.4. The van der Waals surface area contributed by atoms with Crippen LogP contribution in [0.1, 0.15) is 45.4 Å². The third-order valence-electron chi connectivity index (χ3n) is 5.34. The summed E-state index contributed by atoms with van der Waals surface area (Å²) in [6, 6.07) is -1.42. The average molecular weight is 363 g/mol. The molecule has 1 heterocycles. The first-order chi connectivity index (χ1) is 12.5. The molecular formula is C19H29N3O4. The first kappa shape index (κ1) is 20.1. The van der Waals surface area contributed by atoms with Gasteiger partial charge in [-0.25, -0.2) is 0 Å². The first-order valence-electron chi connectivity index (χ1n) is 9.40. The molecule has 3 unspecified atom stereocenters. The molecule has 0 bridgehead atoms. The maximum Gasteiger partial charge on any atom is 0.289 e. The zero-order valence-corrected chi connectivity index (χ0v) is 15.4. The van der Waals surface area contributed by atoms with Gasteiger partial charge in [-0.05, 0) is 31.1 Å². The van der Waals surface area contributed by atoms with Crippen molar-refractivity contribution < 1.29 is 19.2 Å². The van der Waals surface area contributed by atoms with E-state index in [1.54, 1.807) is 0 Å². The molecule has 7 heteroatoms. The number of rotatable bonds is 10. The van der Waals surface area contributed by atoms with Gasteiger partial charge in [0.05, 0.1) is 6.04 Å². The van der Waals surface area contributed by atoms with Crippen molar-refractivity contribution in [3.63, 3.8) is 0 Å². The summed E-state index contributed by atoms with van der Waals surface area (Å²) in [5.74, 6) is -0.906. The lowest BCUT2D eigenvalue weighted by atomic mass is 9.81. The number of nitrogens with zero attached hydrogens (tertiary/aromatic N) is 1. The highest BCUT2D eigenvalue weighted by Gasteiger charge is 2.36. The summed E-state index contributed by atoms with van der Waals surface area (Å²) in [5.41, 5.74) is 0. The molecule has 1 aliphatic carbocycles. The van der Waals surface area contributed by atoms with Crippen molar-refractivity contribution in [2.24, 2.45) is 11.8 Å². The van der Waals surface area contributed by atoms with Crippen LogP contribution in [0.25, 0.3) is 0 Å². The van der Waals surface area contributed by atoms with E-state index in [0.29, 0.717) is 31.7 Å². The second-order valence-corrected chi connectivity index (χ2v) is 7.46. The summed E-state index contributed by atoms with van der Waals surface area (Å²) >= 11 is 0. The second kappa shape index (κ2) is 9.50. The average Bonchev–Trinajstić information content (AvgIpc) is 2.97. The fourth-order valence-electron chi connectivity index (χ4n) is 3.58. The van der Waals surface area contributed by atoms with Crippen LogP contribution in [0, 0.1) is 11.8 Å². The second-order valence-electron chi connectivity index (χ2n) is 7.46. The Morgan fingerprint density at radius 1 is 1.31 bits per heavy atom. The van der Waals surface area contributed by atoms with E-state index in [4.69, 9.17) is 0 Å². The Balaban J connectivity index is 2.00. The minimum absolute atomic E-state index is 0.201. The predicted molar refractivity (Wildman–Crippen MR) is 97.1 cm³/mol. The Bertz CT molecular complexity index is 559. The van der Waals surface area contributed by atoms with Gasteiger partial charge in [0.1, 0.15) is 6.04 Å². The zero-order chi connectivity index (χ0) is 19.1. The van der Waals surface area contributed by atoms with Crippen molar-refractivity contribution in [2.45, 2.75) is 57.5 Å². The van der Waals surface area contributed by atoms with Gasteiger partial charge in [0.15, 0.2) is 0 Å². The molecule has 1 saturated heterocycles. The molecule has 1 aliphatic heterocycles. The van der Waals surface area contributed by atoms with Gasteiger partial charge in [0.25, 0.3) is 5.91 Å². The van der Waals surface area contributed by atoms with Crippen molar-refractivity contribution in [3.05, 3.63) is 12.7 Å². The van der Waals surface area contributed by atoms with Gasteiger partial charge in [0.2, 0.25) is 18.1 Å². The third kappa shape index (κ3) is 5.16. The van der Waals surface area contributed by atoms with Crippen LogP contribution in [0.15, 0.2) is 12.7 Å². The lowest BCUT2D eigenvalue weighted by molar-refractivity contribution is -0.141. The van der Waals surface area contributed by atoms with Gasteiger partial charge in [0, 0.05) is 13.1 Å². The number of nitrogens with one attached hydrogen (secondary N) is 2. The van der Waals surface area contributed by atoms with Crippen molar-refractivity contribution in [1.29, 1.82) is 0 Å². The lowest BCUT2D eigenvalue weighted by Gasteiger charge is -2.28. The summed E-state index contributed by atoms with van der Waals surface area (Å²) in [7, 11) is 0. The Labute approximate surface area is 154 Å². The molecule has 2 rings (SSSR count). The summed E-state index contributed by atoms with van der Waals surface area (Å²) in [5, 5.41) is 5.20. The molecule has 7 nitrogen and oxygen atoms in total. The smallest absolute Gasteiger partial charge is 0.289 e. The molecule has 3 amide bonds. The van der Waals surface area contributed by atoms with Crippen LogP contribution in [0.2, 0.25) is 0 Å². The van der Waals surface area contributed by atoms with Gasteiger partial charge in [-0.2, -0.15) is 0 Å². The van der Waals surface area contributed by atoms with E-state index in [-0.39, 0.29) is 18.4 Å². The molecule has 0 aromatic heterocycles. The van der Waals surface area contributed by atoms with Gasteiger partial charge >= 0.3 is 0 Å². The van der Waals surface area contributed by atoms with E-state index in [2.05, 4.69) is 17.2 Å². The van der Waals surface area contributed by atoms with Crippen LogP contribution in [0.4, 0.5) is 0 Å². The fourth-order valence-corrected chi connectivity index (χ4v) is 3.58. The molecule has 0 aromatic carbocycles. The van der Waals surface area contributed by atoms with E-state index in [1.807, 2.05) is 6.92 Å². The standard InChI is InChI=1S/C19H29N3O4/c1-3-9-20-19(26)17(24)15(8-7-14-5-4-6-14)21-18(25)16-10-13(2)11-22(16)12-23/h3,12-16H,1,4-11H2,2H3,(H,20,26)(H,21,25). The molecule has 2 fully saturated rings. The third-order valence-corrected chi connectivity index (χ3v) is 5.34. The van der Waals surface area contributed by atoms with E-state index in [1.165, 1.54) is 17.4 Å². The first-order valence-corrected chi connectivity index (χ1v) is 9.40. The van der Waals surface area contributed by atoms with Crippen LogP contribution in [0.5, 0.6) is 0 Å². The number of amides is 3. The lowest BCUT2D eigenvalue weighted by Crippen LogP contribution is -2.52. The van der Waals surface area contributed by atoms with E-state index >= 15 is 0 Å². The van der Waals surface area contributed by atoms with Crippen molar-refractivity contribution >= 4 is 24.0 Å². The molecule has 144 valence electrons. The van der Waals surface area contributed by atoms with Gasteiger partial charge in [-0.3, -0.25) is 19.2 Å². The predicted octanol–water partition coefficient (Wildman–Crippen LogP) is 0.790. The Hall–Kier alpha value is -2.18. The van der Waals surface area contributed by atoms with E-state index < -0.39 is 23.8 Å². The van der Waals surface area contributed by atoms with Gasteiger partial charge < -0.3 is 15.5 Å². The van der Waals surface area contributed by atoms with E-state index in [0.717, 1.165) is 19.3 Å².